The van der Waals surface area contributed by atoms with Gasteiger partial charge in [0, 0.05) is 13.2 Å². The summed E-state index contributed by atoms with van der Waals surface area (Å²) in [6.07, 6.45) is 1.75. The van der Waals surface area contributed by atoms with Gasteiger partial charge in [-0.15, -0.1) is 21.8 Å². The number of rotatable bonds is 5. The average molecular weight is 285 g/mol. The molecule has 0 aliphatic carbocycles. The van der Waals surface area contributed by atoms with Gasteiger partial charge in [-0.2, -0.15) is 0 Å². The Morgan fingerprint density at radius 2 is 2.21 bits per heavy atom. The van der Waals surface area contributed by atoms with Crippen LogP contribution >= 0.6 is 11.6 Å². The summed E-state index contributed by atoms with van der Waals surface area (Å²) in [7, 11) is 1.77. The van der Waals surface area contributed by atoms with Gasteiger partial charge in [0.1, 0.15) is 5.69 Å². The van der Waals surface area contributed by atoms with Crippen LogP contribution < -0.4 is 0 Å². The number of nitrogens with zero attached hydrogens (tertiary/aromatic N) is 6. The smallest absolute Gasteiger partial charge is 0.360 e. The van der Waals surface area contributed by atoms with Crippen LogP contribution in [-0.4, -0.2) is 42.6 Å². The quantitative estimate of drug-likeness (QED) is 0.582. The Kier molecular flexibility index (Phi) is 4.10. The van der Waals surface area contributed by atoms with Crippen molar-refractivity contribution in [2.75, 3.05) is 6.61 Å². The summed E-state index contributed by atoms with van der Waals surface area (Å²) in [4.78, 5) is 11.7. The van der Waals surface area contributed by atoms with E-state index in [0.29, 0.717) is 17.9 Å². The van der Waals surface area contributed by atoms with Crippen LogP contribution in [0.25, 0.3) is 0 Å². The van der Waals surface area contributed by atoms with Crippen LogP contribution in [-0.2, 0) is 24.2 Å². The highest BCUT2D eigenvalue weighted by Gasteiger charge is 2.20. The number of carbonyl (C=O) groups is 1. The normalized spacial score (nSPS) is 10.7. The first kappa shape index (κ1) is 13.5. The molecule has 0 bridgehead atoms. The zero-order valence-electron chi connectivity index (χ0n) is 10.6. The minimum atomic E-state index is -0.524. The summed E-state index contributed by atoms with van der Waals surface area (Å²) >= 11 is 5.84. The van der Waals surface area contributed by atoms with E-state index in [0.717, 1.165) is 0 Å². The second-order valence-corrected chi connectivity index (χ2v) is 4.05. The lowest BCUT2D eigenvalue weighted by molar-refractivity contribution is 0.0518. The minimum absolute atomic E-state index is 0.113. The summed E-state index contributed by atoms with van der Waals surface area (Å²) in [5.41, 5.74) is 1.35. The van der Waals surface area contributed by atoms with E-state index in [4.69, 9.17) is 16.3 Å². The van der Waals surface area contributed by atoms with Crippen molar-refractivity contribution < 1.29 is 9.53 Å². The van der Waals surface area contributed by atoms with Crippen LogP contribution in [0.4, 0.5) is 0 Å². The lowest BCUT2D eigenvalue weighted by Crippen LogP contribution is -2.10. The number of carbonyl (C=O) groups excluding carboxylic acids is 1. The Hall–Kier alpha value is -1.96. The fourth-order valence-corrected chi connectivity index (χ4v) is 1.84. The molecule has 0 amide bonds. The molecule has 0 unspecified atom stereocenters. The molecule has 0 atom stereocenters. The maximum atomic E-state index is 11.7. The van der Waals surface area contributed by atoms with Gasteiger partial charge in [0.25, 0.3) is 0 Å². The number of hydrogen-bond donors (Lipinski definition) is 0. The van der Waals surface area contributed by atoms with E-state index in [-0.39, 0.29) is 18.2 Å². The second kappa shape index (κ2) is 5.79. The summed E-state index contributed by atoms with van der Waals surface area (Å²) in [6, 6.07) is 0. The summed E-state index contributed by atoms with van der Waals surface area (Å²) in [5, 5.41) is 15.5. The highest BCUT2D eigenvalue weighted by Crippen LogP contribution is 2.11. The van der Waals surface area contributed by atoms with Crippen molar-refractivity contribution >= 4 is 17.6 Å². The molecule has 2 rings (SSSR count). The number of ether oxygens (including phenoxy) is 1. The van der Waals surface area contributed by atoms with Crippen molar-refractivity contribution in [2.45, 2.75) is 19.3 Å². The van der Waals surface area contributed by atoms with Crippen LogP contribution in [0.5, 0.6) is 0 Å². The first-order valence-corrected chi connectivity index (χ1v) is 6.19. The molecule has 0 aliphatic rings. The number of esters is 1. The third kappa shape index (κ3) is 2.90. The molecule has 0 fully saturated rings. The van der Waals surface area contributed by atoms with Crippen LogP contribution in [0.1, 0.15) is 28.8 Å². The predicted molar refractivity (Wildman–Crippen MR) is 65.6 cm³/mol. The summed E-state index contributed by atoms with van der Waals surface area (Å²) in [5.74, 6) is -0.412. The molecule has 2 aromatic rings. The van der Waals surface area contributed by atoms with Gasteiger partial charge in [-0.1, -0.05) is 10.4 Å². The third-order valence-electron chi connectivity index (χ3n) is 2.39. The molecule has 0 aromatic carbocycles. The molecule has 0 aliphatic heterocycles. The lowest BCUT2D eigenvalue weighted by Gasteiger charge is -2.03. The summed E-state index contributed by atoms with van der Waals surface area (Å²) < 4.78 is 7.99. The second-order valence-electron chi connectivity index (χ2n) is 3.78. The number of aromatic nitrogens is 6. The Bertz CT molecular complexity index is 578. The van der Waals surface area contributed by atoms with E-state index in [1.807, 2.05) is 0 Å². The highest BCUT2D eigenvalue weighted by molar-refractivity contribution is 6.17. The fourth-order valence-electron chi connectivity index (χ4n) is 1.57. The Morgan fingerprint density at radius 1 is 1.42 bits per heavy atom. The monoisotopic (exact) mass is 284 g/mol. The van der Waals surface area contributed by atoms with Gasteiger partial charge in [0.15, 0.2) is 5.69 Å². The van der Waals surface area contributed by atoms with Gasteiger partial charge >= 0.3 is 5.97 Å². The molecule has 0 saturated carbocycles. The standard InChI is InChI=1S/C10H13ClN6O2/c1-3-19-10(18)9-8(4-11)17(15-13-9)6-7-5-16(2)14-12-7/h5H,3-4,6H2,1-2H3. The van der Waals surface area contributed by atoms with Crippen molar-refractivity contribution in [3.8, 4) is 0 Å². The maximum absolute atomic E-state index is 11.7. The molecule has 9 heteroatoms. The van der Waals surface area contributed by atoms with Crippen LogP contribution in [0.15, 0.2) is 6.20 Å². The van der Waals surface area contributed by atoms with Crippen LogP contribution in [0.2, 0.25) is 0 Å². The van der Waals surface area contributed by atoms with Gasteiger partial charge < -0.3 is 4.74 Å². The maximum Gasteiger partial charge on any atom is 0.360 e. The van der Waals surface area contributed by atoms with E-state index < -0.39 is 5.97 Å². The number of hydrogen-bond acceptors (Lipinski definition) is 6. The molecular weight excluding hydrogens is 272 g/mol. The first-order chi connectivity index (χ1) is 9.15. The molecule has 0 spiro atoms. The van der Waals surface area contributed by atoms with Gasteiger partial charge in [0.2, 0.25) is 0 Å². The molecule has 0 N–H and O–H groups in total. The number of alkyl halides is 1. The van der Waals surface area contributed by atoms with E-state index in [1.165, 1.54) is 4.68 Å². The molecule has 2 heterocycles. The van der Waals surface area contributed by atoms with Crippen LogP contribution in [0, 0.1) is 0 Å². The molecule has 19 heavy (non-hydrogen) atoms. The Morgan fingerprint density at radius 3 is 2.79 bits per heavy atom. The fraction of sp³-hybridized carbons (Fsp3) is 0.500. The van der Waals surface area contributed by atoms with Crippen molar-refractivity contribution in [1.29, 1.82) is 0 Å². The van der Waals surface area contributed by atoms with Gasteiger partial charge in [-0.05, 0) is 6.92 Å². The lowest BCUT2D eigenvalue weighted by atomic mass is 10.3. The molecule has 8 nitrogen and oxygen atoms in total. The zero-order valence-corrected chi connectivity index (χ0v) is 11.3. The SMILES string of the molecule is CCOC(=O)c1nnn(Cc2cn(C)nn2)c1CCl. The Balaban J connectivity index is 2.24. The van der Waals surface area contributed by atoms with E-state index >= 15 is 0 Å². The van der Waals surface area contributed by atoms with E-state index in [1.54, 1.807) is 24.9 Å². The van der Waals surface area contributed by atoms with Crippen LogP contribution in [0.3, 0.4) is 0 Å². The number of aryl methyl sites for hydroxylation is 1. The topological polar surface area (TPSA) is 87.7 Å². The van der Waals surface area contributed by atoms with Gasteiger partial charge in [-0.25, -0.2) is 9.48 Å². The van der Waals surface area contributed by atoms with E-state index in [9.17, 15) is 4.79 Å². The van der Waals surface area contributed by atoms with Crippen molar-refractivity contribution in [1.82, 2.24) is 30.0 Å². The first-order valence-electron chi connectivity index (χ1n) is 5.66. The highest BCUT2D eigenvalue weighted by atomic mass is 35.5. The van der Waals surface area contributed by atoms with Crippen molar-refractivity contribution in [3.63, 3.8) is 0 Å². The molecule has 0 saturated heterocycles. The van der Waals surface area contributed by atoms with Crippen molar-refractivity contribution in [2.24, 2.45) is 7.05 Å². The molecular formula is C10H13ClN6O2. The zero-order chi connectivity index (χ0) is 13.8. The number of halogens is 1. The molecule has 102 valence electrons. The predicted octanol–water partition coefficient (Wildman–Crippen LogP) is 0.370. The molecule has 0 radical (unpaired) electrons. The minimum Gasteiger partial charge on any atom is -0.461 e. The largest absolute Gasteiger partial charge is 0.461 e. The average Bonchev–Trinajstić information content (AvgIpc) is 2.96. The third-order valence-corrected chi connectivity index (χ3v) is 2.65. The van der Waals surface area contributed by atoms with E-state index in [2.05, 4.69) is 20.6 Å². The van der Waals surface area contributed by atoms with Gasteiger partial charge in [-0.3, -0.25) is 4.68 Å². The Labute approximate surface area is 114 Å². The summed E-state index contributed by atoms with van der Waals surface area (Å²) in [6.45, 7) is 2.35. The van der Waals surface area contributed by atoms with Gasteiger partial charge in [0.05, 0.1) is 24.7 Å². The van der Waals surface area contributed by atoms with Crippen molar-refractivity contribution in [3.05, 3.63) is 23.3 Å². The molecule has 2 aromatic heterocycles.